The Morgan fingerprint density at radius 3 is 2.02 bits per heavy atom. The highest BCUT2D eigenvalue weighted by molar-refractivity contribution is 7.92. The van der Waals surface area contributed by atoms with Gasteiger partial charge in [0.05, 0.1) is 20.6 Å². The molecule has 10 heteroatoms. The number of carbonyl (C=O) groups is 2. The van der Waals surface area contributed by atoms with Gasteiger partial charge in [-0.25, -0.2) is 8.42 Å². The van der Waals surface area contributed by atoms with Crippen LogP contribution in [0.3, 0.4) is 0 Å². The maximum Gasteiger partial charge on any atom is 0.264 e. The minimum Gasteiger partial charge on any atom is -0.354 e. The Hall–Kier alpha value is -3.07. The van der Waals surface area contributed by atoms with Crippen molar-refractivity contribution in [3.05, 3.63) is 93.5 Å². The van der Waals surface area contributed by atoms with Crippen LogP contribution in [-0.4, -0.2) is 44.3 Å². The van der Waals surface area contributed by atoms with Crippen molar-refractivity contribution in [3.63, 3.8) is 0 Å². The number of nitrogens with zero attached hydrogens (tertiary/aromatic N) is 2. The Kier molecular flexibility index (Phi) is 10.6. The van der Waals surface area contributed by atoms with Crippen LogP contribution in [0.5, 0.6) is 0 Å². The van der Waals surface area contributed by atoms with E-state index in [9.17, 15) is 18.0 Å². The Morgan fingerprint density at radius 1 is 0.875 bits per heavy atom. The van der Waals surface area contributed by atoms with E-state index in [1.807, 2.05) is 52.0 Å². The lowest BCUT2D eigenvalue weighted by atomic mass is 10.1. The number of aryl methyl sites for hydroxylation is 2. The zero-order chi connectivity index (χ0) is 29.6. The molecule has 1 unspecified atom stereocenters. The SMILES string of the molecule is Cc1ccc(CN(C(=O)CN(c2cccc(Cl)c2Cl)S(=O)(=O)c2ccc(C)cc2)C(C)C(=O)NCC(C)C)cc1. The van der Waals surface area contributed by atoms with E-state index in [1.54, 1.807) is 25.1 Å². The number of halogens is 2. The number of hydrogen-bond donors (Lipinski definition) is 1. The van der Waals surface area contributed by atoms with Crippen LogP contribution in [-0.2, 0) is 26.2 Å². The normalized spacial score (nSPS) is 12.2. The van der Waals surface area contributed by atoms with Crippen LogP contribution < -0.4 is 9.62 Å². The molecule has 0 bridgehead atoms. The molecule has 1 atom stereocenters. The zero-order valence-electron chi connectivity index (χ0n) is 23.3. The molecule has 214 valence electrons. The van der Waals surface area contributed by atoms with Crippen molar-refractivity contribution in [2.75, 3.05) is 17.4 Å². The first kappa shape index (κ1) is 31.5. The third kappa shape index (κ3) is 7.77. The average Bonchev–Trinajstić information content (AvgIpc) is 2.91. The average molecular weight is 605 g/mol. The molecule has 0 heterocycles. The molecule has 0 saturated heterocycles. The van der Waals surface area contributed by atoms with Crippen LogP contribution in [0.2, 0.25) is 10.0 Å². The topological polar surface area (TPSA) is 86.8 Å². The van der Waals surface area contributed by atoms with E-state index < -0.39 is 28.5 Å². The van der Waals surface area contributed by atoms with Crippen molar-refractivity contribution in [1.82, 2.24) is 10.2 Å². The maximum absolute atomic E-state index is 14.0. The van der Waals surface area contributed by atoms with Crippen LogP contribution in [0, 0.1) is 19.8 Å². The van der Waals surface area contributed by atoms with Crippen LogP contribution in [0.1, 0.15) is 37.5 Å². The molecule has 0 aromatic heterocycles. The van der Waals surface area contributed by atoms with Crippen molar-refractivity contribution < 1.29 is 18.0 Å². The second kappa shape index (κ2) is 13.5. The fraction of sp³-hybridized carbons (Fsp3) is 0.333. The molecule has 0 fully saturated rings. The van der Waals surface area contributed by atoms with Crippen molar-refractivity contribution in [3.8, 4) is 0 Å². The number of anilines is 1. The maximum atomic E-state index is 14.0. The molecule has 0 radical (unpaired) electrons. The first-order valence-electron chi connectivity index (χ1n) is 13.0. The molecule has 3 aromatic rings. The number of rotatable bonds is 11. The smallest absolute Gasteiger partial charge is 0.264 e. The monoisotopic (exact) mass is 603 g/mol. The second-order valence-electron chi connectivity index (χ2n) is 10.2. The first-order valence-corrected chi connectivity index (χ1v) is 15.2. The van der Waals surface area contributed by atoms with Gasteiger partial charge >= 0.3 is 0 Å². The third-order valence-electron chi connectivity index (χ3n) is 6.41. The van der Waals surface area contributed by atoms with Gasteiger partial charge in [-0.1, -0.05) is 90.6 Å². The molecule has 3 rings (SSSR count). The molecular weight excluding hydrogens is 569 g/mol. The van der Waals surface area contributed by atoms with E-state index >= 15 is 0 Å². The van der Waals surface area contributed by atoms with Crippen LogP contribution in [0.15, 0.2) is 71.6 Å². The van der Waals surface area contributed by atoms with Gasteiger partial charge in [-0.2, -0.15) is 0 Å². The predicted molar refractivity (Wildman–Crippen MR) is 161 cm³/mol. The van der Waals surface area contributed by atoms with E-state index in [-0.39, 0.29) is 39.0 Å². The summed E-state index contributed by atoms with van der Waals surface area (Å²) in [6.45, 7) is 9.35. The quantitative estimate of drug-likeness (QED) is 0.291. The summed E-state index contributed by atoms with van der Waals surface area (Å²) >= 11 is 12.7. The molecule has 0 aliphatic carbocycles. The number of carbonyl (C=O) groups excluding carboxylic acids is 2. The Morgan fingerprint density at radius 2 is 1.45 bits per heavy atom. The van der Waals surface area contributed by atoms with E-state index in [1.165, 1.54) is 29.2 Å². The predicted octanol–water partition coefficient (Wildman–Crippen LogP) is 6.00. The zero-order valence-corrected chi connectivity index (χ0v) is 25.6. The first-order chi connectivity index (χ1) is 18.8. The molecule has 0 aliphatic heterocycles. The van der Waals surface area contributed by atoms with Crippen LogP contribution in [0.4, 0.5) is 5.69 Å². The molecule has 0 aliphatic rings. The minimum atomic E-state index is -4.24. The summed E-state index contributed by atoms with van der Waals surface area (Å²) < 4.78 is 28.8. The van der Waals surface area contributed by atoms with E-state index in [0.717, 1.165) is 21.0 Å². The minimum absolute atomic E-state index is 0.000429. The number of nitrogens with one attached hydrogen (secondary N) is 1. The standard InChI is InChI=1S/C30H35Cl2N3O4S/c1-20(2)17-33-30(37)23(5)34(18-24-13-9-21(3)10-14-24)28(36)19-35(27-8-6-7-26(31)29(27)32)40(38,39)25-15-11-22(4)12-16-25/h6-16,20,23H,17-19H2,1-5H3,(H,33,37). The van der Waals surface area contributed by atoms with Gasteiger partial charge in [0, 0.05) is 13.1 Å². The largest absolute Gasteiger partial charge is 0.354 e. The summed E-state index contributed by atoms with van der Waals surface area (Å²) in [4.78, 5) is 28.4. The Bertz CT molecular complexity index is 1440. The lowest BCUT2D eigenvalue weighted by Crippen LogP contribution is -2.51. The van der Waals surface area contributed by atoms with Gasteiger partial charge in [-0.05, 0) is 56.5 Å². The van der Waals surface area contributed by atoms with Gasteiger partial charge in [-0.3, -0.25) is 13.9 Å². The molecule has 0 saturated carbocycles. The van der Waals surface area contributed by atoms with Gasteiger partial charge < -0.3 is 10.2 Å². The van der Waals surface area contributed by atoms with Crippen molar-refractivity contribution in [2.24, 2.45) is 5.92 Å². The molecule has 3 aromatic carbocycles. The summed E-state index contributed by atoms with van der Waals surface area (Å²) in [7, 11) is -4.24. The number of benzene rings is 3. The summed E-state index contributed by atoms with van der Waals surface area (Å²) in [5.74, 6) is -0.681. The summed E-state index contributed by atoms with van der Waals surface area (Å²) in [5.41, 5.74) is 2.80. The number of hydrogen-bond acceptors (Lipinski definition) is 4. The Balaban J connectivity index is 2.05. The van der Waals surface area contributed by atoms with Crippen molar-refractivity contribution in [1.29, 1.82) is 0 Å². The van der Waals surface area contributed by atoms with E-state index in [4.69, 9.17) is 23.2 Å². The lowest BCUT2D eigenvalue weighted by Gasteiger charge is -2.32. The Labute approximate surface area is 247 Å². The fourth-order valence-corrected chi connectivity index (χ4v) is 5.83. The number of amides is 2. The third-order valence-corrected chi connectivity index (χ3v) is 9.00. The molecular formula is C30H35Cl2N3O4S. The van der Waals surface area contributed by atoms with E-state index in [2.05, 4.69) is 5.32 Å². The van der Waals surface area contributed by atoms with Gasteiger partial charge in [-0.15, -0.1) is 0 Å². The number of sulfonamides is 1. The molecule has 7 nitrogen and oxygen atoms in total. The highest BCUT2D eigenvalue weighted by Gasteiger charge is 2.33. The summed E-state index contributed by atoms with van der Waals surface area (Å²) in [6, 6.07) is 17.6. The second-order valence-corrected chi connectivity index (χ2v) is 12.9. The van der Waals surface area contributed by atoms with Gasteiger partial charge in [0.15, 0.2) is 0 Å². The highest BCUT2D eigenvalue weighted by atomic mass is 35.5. The van der Waals surface area contributed by atoms with Gasteiger partial charge in [0.1, 0.15) is 12.6 Å². The summed E-state index contributed by atoms with van der Waals surface area (Å²) in [6.07, 6.45) is 0. The van der Waals surface area contributed by atoms with Gasteiger partial charge in [0.25, 0.3) is 10.0 Å². The van der Waals surface area contributed by atoms with Gasteiger partial charge in [0.2, 0.25) is 11.8 Å². The highest BCUT2D eigenvalue weighted by Crippen LogP contribution is 2.35. The van der Waals surface area contributed by atoms with Crippen molar-refractivity contribution >= 4 is 50.7 Å². The molecule has 2 amide bonds. The molecule has 40 heavy (non-hydrogen) atoms. The molecule has 0 spiro atoms. The van der Waals surface area contributed by atoms with Crippen molar-refractivity contribution in [2.45, 2.75) is 52.1 Å². The fourth-order valence-electron chi connectivity index (χ4n) is 3.96. The molecule has 1 N–H and O–H groups in total. The lowest BCUT2D eigenvalue weighted by molar-refractivity contribution is -0.139. The summed E-state index contributed by atoms with van der Waals surface area (Å²) in [5, 5.41) is 3.02. The van der Waals surface area contributed by atoms with E-state index in [0.29, 0.717) is 6.54 Å². The van der Waals surface area contributed by atoms with Crippen LogP contribution in [0.25, 0.3) is 0 Å². The van der Waals surface area contributed by atoms with Crippen LogP contribution >= 0.6 is 23.2 Å².